The Morgan fingerprint density at radius 2 is 1.59 bits per heavy atom. The molecule has 0 bridgehead atoms. The summed E-state index contributed by atoms with van der Waals surface area (Å²) in [5.41, 5.74) is 0.703. The molecule has 1 aromatic heterocycles. The van der Waals surface area contributed by atoms with E-state index in [-0.39, 0.29) is 5.91 Å². The van der Waals surface area contributed by atoms with E-state index in [1.807, 2.05) is 0 Å². The van der Waals surface area contributed by atoms with Gasteiger partial charge in [-0.3, -0.25) is 9.59 Å². The molecule has 0 saturated carbocycles. The van der Waals surface area contributed by atoms with E-state index in [4.69, 9.17) is 0 Å². The van der Waals surface area contributed by atoms with Crippen LogP contribution < -0.4 is 10.6 Å². The Morgan fingerprint density at radius 3 is 2.21 bits per heavy atom. The maximum Gasteiger partial charge on any atom is 0.416 e. The average Bonchev–Trinajstić information content (AvgIpc) is 3.21. The predicted molar refractivity (Wildman–Crippen MR) is 108 cm³/mol. The van der Waals surface area contributed by atoms with E-state index >= 15 is 0 Å². The van der Waals surface area contributed by atoms with Crippen LogP contribution in [0.3, 0.4) is 0 Å². The van der Waals surface area contributed by atoms with Crippen molar-refractivity contribution < 1.29 is 22.8 Å². The number of carbonyl (C=O) groups excluding carboxylic acids is 2. The first-order valence-electron chi connectivity index (χ1n) is 8.42. The Hall–Kier alpha value is -3.39. The fourth-order valence-electron chi connectivity index (χ4n) is 2.41. The minimum Gasteiger partial charge on any atom is -0.322 e. The van der Waals surface area contributed by atoms with Gasteiger partial charge >= 0.3 is 6.18 Å². The minimum absolute atomic E-state index is 0.245. The fraction of sp³-hybridized carbons (Fsp3) is 0.0476. The molecule has 1 heterocycles. The summed E-state index contributed by atoms with van der Waals surface area (Å²) in [4.78, 5) is 24.7. The topological polar surface area (TPSA) is 58.2 Å². The highest BCUT2D eigenvalue weighted by atomic mass is 32.1. The third-order valence-corrected chi connectivity index (χ3v) is 4.67. The lowest BCUT2D eigenvalue weighted by Gasteiger charge is -2.07. The standard InChI is InChI=1S/C21H15F3N2O2S/c22-21(23,24)15-9-6-14(7-10-15)8-11-19(27)25-16-3-1-4-17(13-16)26-20(28)18-5-2-12-29-18/h1-13H,(H,25,27)(H,26,28)/b11-8+. The zero-order chi connectivity index (χ0) is 20.9. The van der Waals surface area contributed by atoms with Crippen LogP contribution in [0.4, 0.5) is 24.5 Å². The van der Waals surface area contributed by atoms with Crippen LogP contribution in [0, 0.1) is 0 Å². The maximum atomic E-state index is 12.6. The van der Waals surface area contributed by atoms with Crippen molar-refractivity contribution in [1.82, 2.24) is 0 Å². The molecule has 0 aliphatic heterocycles. The summed E-state index contributed by atoms with van der Waals surface area (Å²) >= 11 is 1.32. The van der Waals surface area contributed by atoms with Crippen molar-refractivity contribution in [2.75, 3.05) is 10.6 Å². The van der Waals surface area contributed by atoms with Gasteiger partial charge in [0.1, 0.15) is 0 Å². The van der Waals surface area contributed by atoms with Crippen molar-refractivity contribution in [3.63, 3.8) is 0 Å². The molecule has 0 spiro atoms. The molecule has 0 aliphatic carbocycles. The Labute approximate surface area is 168 Å². The van der Waals surface area contributed by atoms with E-state index in [2.05, 4.69) is 10.6 Å². The smallest absolute Gasteiger partial charge is 0.322 e. The molecule has 8 heteroatoms. The Balaban J connectivity index is 1.60. The molecule has 2 aromatic carbocycles. The number of carbonyl (C=O) groups is 2. The number of benzene rings is 2. The number of nitrogens with one attached hydrogen (secondary N) is 2. The van der Waals surface area contributed by atoms with Gasteiger partial charge < -0.3 is 10.6 Å². The normalized spacial score (nSPS) is 11.4. The summed E-state index contributed by atoms with van der Waals surface area (Å²) in [5.74, 6) is -0.697. The first-order valence-corrected chi connectivity index (χ1v) is 9.30. The van der Waals surface area contributed by atoms with Gasteiger partial charge in [0.2, 0.25) is 5.91 Å². The number of thiophene rings is 1. The second kappa shape index (κ2) is 8.74. The summed E-state index contributed by atoms with van der Waals surface area (Å²) in [5, 5.41) is 7.19. The summed E-state index contributed by atoms with van der Waals surface area (Å²) in [7, 11) is 0. The molecule has 3 rings (SSSR count). The van der Waals surface area contributed by atoms with E-state index in [0.29, 0.717) is 21.8 Å². The maximum absolute atomic E-state index is 12.6. The lowest BCUT2D eigenvalue weighted by atomic mass is 10.1. The molecule has 2 N–H and O–H groups in total. The van der Waals surface area contributed by atoms with Gasteiger partial charge in [-0.15, -0.1) is 11.3 Å². The molecule has 0 unspecified atom stereocenters. The van der Waals surface area contributed by atoms with Crippen LogP contribution in [-0.4, -0.2) is 11.8 Å². The zero-order valence-corrected chi connectivity index (χ0v) is 15.7. The summed E-state index contributed by atoms with van der Waals surface area (Å²) in [6, 6.07) is 14.6. The largest absolute Gasteiger partial charge is 0.416 e. The number of halogens is 3. The molecule has 3 aromatic rings. The second-order valence-corrected chi connectivity index (χ2v) is 6.90. The van der Waals surface area contributed by atoms with Crippen molar-refractivity contribution in [3.05, 3.63) is 88.1 Å². The zero-order valence-electron chi connectivity index (χ0n) is 14.9. The molecule has 148 valence electrons. The average molecular weight is 416 g/mol. The monoisotopic (exact) mass is 416 g/mol. The van der Waals surface area contributed by atoms with Gasteiger partial charge in [0.25, 0.3) is 5.91 Å². The molecule has 0 radical (unpaired) electrons. The number of alkyl halides is 3. The van der Waals surface area contributed by atoms with Gasteiger partial charge in [-0.05, 0) is 53.4 Å². The van der Waals surface area contributed by atoms with Crippen LogP contribution in [0.5, 0.6) is 0 Å². The summed E-state index contributed by atoms with van der Waals surface area (Å²) in [6.45, 7) is 0. The number of hydrogen-bond acceptors (Lipinski definition) is 3. The van der Waals surface area contributed by atoms with Crippen LogP contribution in [0.1, 0.15) is 20.8 Å². The summed E-state index contributed by atoms with van der Waals surface area (Å²) < 4.78 is 37.7. The number of anilines is 2. The number of hydrogen-bond donors (Lipinski definition) is 2. The van der Waals surface area contributed by atoms with E-state index in [0.717, 1.165) is 12.1 Å². The third-order valence-electron chi connectivity index (χ3n) is 3.80. The Bertz CT molecular complexity index is 1030. The van der Waals surface area contributed by atoms with E-state index in [1.165, 1.54) is 35.6 Å². The SMILES string of the molecule is O=C(/C=C/c1ccc(C(F)(F)F)cc1)Nc1cccc(NC(=O)c2cccs2)c1. The fourth-order valence-corrected chi connectivity index (χ4v) is 3.03. The van der Waals surface area contributed by atoms with Crippen molar-refractivity contribution in [2.24, 2.45) is 0 Å². The van der Waals surface area contributed by atoms with E-state index in [1.54, 1.807) is 41.8 Å². The van der Waals surface area contributed by atoms with Crippen LogP contribution in [0.25, 0.3) is 6.08 Å². The first-order chi connectivity index (χ1) is 13.8. The van der Waals surface area contributed by atoms with Crippen LogP contribution in [0.2, 0.25) is 0 Å². The van der Waals surface area contributed by atoms with Crippen molar-refractivity contribution >= 4 is 40.6 Å². The highest BCUT2D eigenvalue weighted by Gasteiger charge is 2.29. The predicted octanol–water partition coefficient (Wildman–Crippen LogP) is 5.67. The molecule has 2 amide bonds. The van der Waals surface area contributed by atoms with Crippen molar-refractivity contribution in [1.29, 1.82) is 0 Å². The van der Waals surface area contributed by atoms with Crippen LogP contribution in [0.15, 0.2) is 72.1 Å². The third kappa shape index (κ3) is 5.79. The first kappa shape index (κ1) is 20.3. The lowest BCUT2D eigenvalue weighted by Crippen LogP contribution is -2.11. The van der Waals surface area contributed by atoms with Crippen molar-refractivity contribution in [3.8, 4) is 0 Å². The molecule has 0 fully saturated rings. The molecule has 4 nitrogen and oxygen atoms in total. The highest BCUT2D eigenvalue weighted by molar-refractivity contribution is 7.12. The molecule has 0 atom stereocenters. The van der Waals surface area contributed by atoms with Gasteiger partial charge in [-0.25, -0.2) is 0 Å². The Morgan fingerprint density at radius 1 is 0.897 bits per heavy atom. The highest BCUT2D eigenvalue weighted by Crippen LogP contribution is 2.29. The van der Waals surface area contributed by atoms with Crippen LogP contribution >= 0.6 is 11.3 Å². The molecular formula is C21H15F3N2O2S. The van der Waals surface area contributed by atoms with Gasteiger partial charge in [0, 0.05) is 17.5 Å². The van der Waals surface area contributed by atoms with Crippen LogP contribution in [-0.2, 0) is 11.0 Å². The van der Waals surface area contributed by atoms with Gasteiger partial charge in [-0.1, -0.05) is 24.3 Å². The van der Waals surface area contributed by atoms with Gasteiger partial charge in [0.15, 0.2) is 0 Å². The quantitative estimate of drug-likeness (QED) is 0.527. The lowest BCUT2D eigenvalue weighted by molar-refractivity contribution is -0.137. The molecular weight excluding hydrogens is 401 g/mol. The molecule has 0 saturated heterocycles. The van der Waals surface area contributed by atoms with Crippen molar-refractivity contribution in [2.45, 2.75) is 6.18 Å². The number of rotatable bonds is 5. The second-order valence-electron chi connectivity index (χ2n) is 5.95. The number of amides is 2. The van der Waals surface area contributed by atoms with E-state index < -0.39 is 17.6 Å². The minimum atomic E-state index is -4.40. The van der Waals surface area contributed by atoms with Gasteiger partial charge in [0.05, 0.1) is 10.4 Å². The summed E-state index contributed by atoms with van der Waals surface area (Å²) in [6.07, 6.45) is -1.76. The van der Waals surface area contributed by atoms with Gasteiger partial charge in [-0.2, -0.15) is 13.2 Å². The Kier molecular flexibility index (Phi) is 6.13. The van der Waals surface area contributed by atoms with E-state index in [9.17, 15) is 22.8 Å². The molecule has 29 heavy (non-hydrogen) atoms. The molecule has 0 aliphatic rings.